The summed E-state index contributed by atoms with van der Waals surface area (Å²) in [4.78, 5) is 11.0. The van der Waals surface area contributed by atoms with Crippen LogP contribution in [0.4, 0.5) is 5.69 Å². The molecule has 0 aliphatic carbocycles. The number of aliphatic hydroxyl groups excluding tert-OH is 1. The fourth-order valence-electron chi connectivity index (χ4n) is 1.29. The molecule has 4 heteroatoms. The fourth-order valence-corrected chi connectivity index (χ4v) is 1.36. The molecule has 2 N–H and O–H groups in total. The van der Waals surface area contributed by atoms with Gasteiger partial charge in [0.15, 0.2) is 0 Å². The minimum atomic E-state index is -0.269. The molecule has 0 saturated carbocycles. The maximum absolute atomic E-state index is 11.0. The Morgan fingerprint density at radius 1 is 1.38 bits per heavy atom. The van der Waals surface area contributed by atoms with Crippen molar-refractivity contribution < 1.29 is 9.90 Å². The number of nitrogens with one attached hydrogen (secondary N) is 1. The number of aliphatic hydroxyl groups is 1. The van der Waals surface area contributed by atoms with Crippen LogP contribution < -0.4 is 5.32 Å². The Kier molecular flexibility index (Phi) is 4.33. The molecule has 0 atom stereocenters. The summed E-state index contributed by atoms with van der Waals surface area (Å²) in [6, 6.07) is 7.38. The van der Waals surface area contributed by atoms with Crippen LogP contribution in [0.25, 0.3) is 0 Å². The standard InChI is InChI=1S/C12H16ClNO2/c1-12(2,8-15)9-3-5-10(6-4-9)14-11(16)7-13/h3-6,15H,7-8H2,1-2H3,(H,14,16). The zero-order chi connectivity index (χ0) is 12.2. The smallest absolute Gasteiger partial charge is 0.239 e. The van der Waals surface area contributed by atoms with Gasteiger partial charge in [-0.3, -0.25) is 4.79 Å². The number of hydrogen-bond donors (Lipinski definition) is 2. The van der Waals surface area contributed by atoms with Crippen molar-refractivity contribution in [1.82, 2.24) is 0 Å². The first kappa shape index (κ1) is 13.0. The van der Waals surface area contributed by atoms with Crippen LogP contribution in [0.1, 0.15) is 19.4 Å². The van der Waals surface area contributed by atoms with E-state index in [9.17, 15) is 9.90 Å². The maximum atomic E-state index is 11.0. The summed E-state index contributed by atoms with van der Waals surface area (Å²) < 4.78 is 0. The molecule has 0 spiro atoms. The summed E-state index contributed by atoms with van der Waals surface area (Å²) in [6.45, 7) is 4.00. The number of anilines is 1. The lowest BCUT2D eigenvalue weighted by molar-refractivity contribution is -0.113. The van der Waals surface area contributed by atoms with E-state index >= 15 is 0 Å². The monoisotopic (exact) mass is 241 g/mol. The van der Waals surface area contributed by atoms with E-state index in [2.05, 4.69) is 5.32 Å². The lowest BCUT2D eigenvalue weighted by Crippen LogP contribution is -2.22. The van der Waals surface area contributed by atoms with Crippen molar-refractivity contribution in [1.29, 1.82) is 0 Å². The summed E-state index contributed by atoms with van der Waals surface area (Å²) in [5, 5.41) is 11.9. The quantitative estimate of drug-likeness (QED) is 0.794. The van der Waals surface area contributed by atoms with Crippen LogP contribution in [0, 0.1) is 0 Å². The second-order valence-corrected chi connectivity index (χ2v) is 4.57. The number of halogens is 1. The Labute approximate surface area is 100 Å². The molecular formula is C12H16ClNO2. The number of carbonyl (C=O) groups excluding carboxylic acids is 1. The third-order valence-electron chi connectivity index (χ3n) is 2.47. The summed E-state index contributed by atoms with van der Waals surface area (Å²) in [6.07, 6.45) is 0. The van der Waals surface area contributed by atoms with E-state index in [1.807, 2.05) is 26.0 Å². The molecule has 0 fully saturated rings. The summed E-state index contributed by atoms with van der Waals surface area (Å²) in [7, 11) is 0. The molecule has 3 nitrogen and oxygen atoms in total. The van der Waals surface area contributed by atoms with Crippen LogP contribution in [0.5, 0.6) is 0 Å². The SMILES string of the molecule is CC(C)(CO)c1ccc(NC(=O)CCl)cc1. The highest BCUT2D eigenvalue weighted by atomic mass is 35.5. The summed E-state index contributed by atoms with van der Waals surface area (Å²) in [5.74, 6) is -0.278. The lowest BCUT2D eigenvalue weighted by Gasteiger charge is -2.22. The Morgan fingerprint density at radius 3 is 2.38 bits per heavy atom. The molecule has 0 heterocycles. The van der Waals surface area contributed by atoms with E-state index in [-0.39, 0.29) is 23.8 Å². The van der Waals surface area contributed by atoms with E-state index in [1.54, 1.807) is 12.1 Å². The largest absolute Gasteiger partial charge is 0.395 e. The molecule has 1 amide bonds. The average Bonchev–Trinajstić information content (AvgIpc) is 2.29. The lowest BCUT2D eigenvalue weighted by atomic mass is 9.85. The molecule has 16 heavy (non-hydrogen) atoms. The van der Waals surface area contributed by atoms with Crippen molar-refractivity contribution in [2.45, 2.75) is 19.3 Å². The number of alkyl halides is 1. The Hall–Kier alpha value is -1.06. The van der Waals surface area contributed by atoms with Crippen molar-refractivity contribution in [3.05, 3.63) is 29.8 Å². The van der Waals surface area contributed by atoms with Gasteiger partial charge in [0.1, 0.15) is 5.88 Å². The Bertz CT molecular complexity index is 360. The van der Waals surface area contributed by atoms with Crippen molar-refractivity contribution in [3.63, 3.8) is 0 Å². The first-order valence-electron chi connectivity index (χ1n) is 5.07. The highest BCUT2D eigenvalue weighted by Gasteiger charge is 2.18. The zero-order valence-electron chi connectivity index (χ0n) is 9.46. The molecule has 0 bridgehead atoms. The van der Waals surface area contributed by atoms with Gasteiger partial charge in [0, 0.05) is 11.1 Å². The first-order valence-corrected chi connectivity index (χ1v) is 5.60. The van der Waals surface area contributed by atoms with Gasteiger partial charge in [-0.05, 0) is 17.7 Å². The maximum Gasteiger partial charge on any atom is 0.239 e. The molecule has 0 saturated heterocycles. The van der Waals surface area contributed by atoms with Crippen molar-refractivity contribution in [3.8, 4) is 0 Å². The van der Waals surface area contributed by atoms with E-state index < -0.39 is 0 Å². The fraction of sp³-hybridized carbons (Fsp3) is 0.417. The molecule has 0 aliphatic rings. The van der Waals surface area contributed by atoms with Crippen LogP contribution in [0.15, 0.2) is 24.3 Å². The Morgan fingerprint density at radius 2 is 1.94 bits per heavy atom. The number of benzene rings is 1. The predicted octanol–water partition coefficient (Wildman–Crippen LogP) is 2.13. The molecule has 1 aromatic carbocycles. The number of rotatable bonds is 4. The normalized spacial score (nSPS) is 11.2. The second kappa shape index (κ2) is 5.32. The van der Waals surface area contributed by atoms with Crippen LogP contribution in [-0.4, -0.2) is 23.5 Å². The van der Waals surface area contributed by atoms with Crippen molar-refractivity contribution in [2.75, 3.05) is 17.8 Å². The van der Waals surface area contributed by atoms with E-state index in [0.717, 1.165) is 5.56 Å². The van der Waals surface area contributed by atoms with Gasteiger partial charge in [0.25, 0.3) is 0 Å². The Balaban J connectivity index is 2.79. The van der Waals surface area contributed by atoms with Gasteiger partial charge in [-0.25, -0.2) is 0 Å². The first-order chi connectivity index (χ1) is 7.49. The molecule has 0 radical (unpaired) electrons. The topological polar surface area (TPSA) is 49.3 Å². The second-order valence-electron chi connectivity index (χ2n) is 4.30. The van der Waals surface area contributed by atoms with Crippen LogP contribution in [0.2, 0.25) is 0 Å². The molecule has 0 aromatic heterocycles. The molecule has 0 unspecified atom stereocenters. The third kappa shape index (κ3) is 3.22. The van der Waals surface area contributed by atoms with Gasteiger partial charge >= 0.3 is 0 Å². The van der Waals surface area contributed by atoms with Gasteiger partial charge in [0.2, 0.25) is 5.91 Å². The van der Waals surface area contributed by atoms with Crippen LogP contribution >= 0.6 is 11.6 Å². The molecular weight excluding hydrogens is 226 g/mol. The summed E-state index contributed by atoms with van der Waals surface area (Å²) >= 11 is 5.38. The number of carbonyl (C=O) groups is 1. The molecule has 88 valence electrons. The highest BCUT2D eigenvalue weighted by molar-refractivity contribution is 6.29. The van der Waals surface area contributed by atoms with Gasteiger partial charge < -0.3 is 10.4 Å². The van der Waals surface area contributed by atoms with Crippen molar-refractivity contribution >= 4 is 23.2 Å². The van der Waals surface area contributed by atoms with Gasteiger partial charge in [-0.15, -0.1) is 11.6 Å². The zero-order valence-corrected chi connectivity index (χ0v) is 10.2. The van der Waals surface area contributed by atoms with Gasteiger partial charge in [-0.1, -0.05) is 26.0 Å². The van der Waals surface area contributed by atoms with Crippen molar-refractivity contribution in [2.24, 2.45) is 0 Å². The molecule has 0 aliphatic heterocycles. The van der Waals surface area contributed by atoms with Gasteiger partial charge in [0.05, 0.1) is 6.61 Å². The minimum absolute atomic E-state index is 0.0517. The summed E-state index contributed by atoms with van der Waals surface area (Å²) in [5.41, 5.74) is 1.47. The van der Waals surface area contributed by atoms with Crippen LogP contribution in [-0.2, 0) is 10.2 Å². The highest BCUT2D eigenvalue weighted by Crippen LogP contribution is 2.23. The average molecular weight is 242 g/mol. The minimum Gasteiger partial charge on any atom is -0.395 e. The van der Waals surface area contributed by atoms with E-state index in [0.29, 0.717) is 5.69 Å². The van der Waals surface area contributed by atoms with E-state index in [4.69, 9.17) is 11.6 Å². The third-order valence-corrected chi connectivity index (χ3v) is 2.71. The van der Waals surface area contributed by atoms with Gasteiger partial charge in [-0.2, -0.15) is 0 Å². The molecule has 1 rings (SSSR count). The number of amides is 1. The van der Waals surface area contributed by atoms with Crippen LogP contribution in [0.3, 0.4) is 0 Å². The van der Waals surface area contributed by atoms with E-state index in [1.165, 1.54) is 0 Å². The predicted molar refractivity (Wildman–Crippen MR) is 65.9 cm³/mol. The number of hydrogen-bond acceptors (Lipinski definition) is 2. The molecule has 1 aromatic rings.